The van der Waals surface area contributed by atoms with Crippen LogP contribution in [0, 0.1) is 0 Å². The number of hydrogen-bond donors (Lipinski definition) is 0. The van der Waals surface area contributed by atoms with E-state index in [1.807, 2.05) is 27.7 Å². The molecule has 1 unspecified atom stereocenters. The Hall–Kier alpha value is -1.14. The molecule has 2 aliphatic heterocycles. The number of aldehydes is 1. The van der Waals surface area contributed by atoms with Gasteiger partial charge in [0, 0.05) is 18.9 Å². The normalized spacial score (nSPS) is 28.7. The zero-order chi connectivity index (χ0) is 15.7. The summed E-state index contributed by atoms with van der Waals surface area (Å²) in [5.41, 5.74) is -0.585. The lowest BCUT2D eigenvalue weighted by molar-refractivity contribution is -0.204. The van der Waals surface area contributed by atoms with E-state index < -0.39 is 23.5 Å². The summed E-state index contributed by atoms with van der Waals surface area (Å²) in [7, 11) is 0. The highest BCUT2D eigenvalue weighted by Crippen LogP contribution is 2.38. The van der Waals surface area contributed by atoms with Crippen molar-refractivity contribution in [1.82, 2.24) is 4.90 Å². The molecule has 2 rings (SSSR count). The number of nitrogens with zero attached hydrogens (tertiary/aromatic N) is 1. The molecule has 0 saturated carbocycles. The molecule has 2 heterocycles. The molecule has 2 atom stereocenters. The molecule has 0 radical (unpaired) electrons. The third-order valence-corrected chi connectivity index (χ3v) is 3.86. The molecule has 120 valence electrons. The van der Waals surface area contributed by atoms with Crippen LogP contribution in [-0.4, -0.2) is 54.0 Å². The fourth-order valence-electron chi connectivity index (χ4n) is 3.01. The molecule has 0 aromatic rings. The van der Waals surface area contributed by atoms with Gasteiger partial charge in [0.1, 0.15) is 11.9 Å². The Morgan fingerprint density at radius 3 is 2.43 bits per heavy atom. The Kier molecular flexibility index (Phi) is 4.58. The number of amides is 1. The van der Waals surface area contributed by atoms with Crippen LogP contribution in [0.25, 0.3) is 0 Å². The zero-order valence-corrected chi connectivity index (χ0v) is 13.3. The van der Waals surface area contributed by atoms with E-state index in [0.29, 0.717) is 26.1 Å². The van der Waals surface area contributed by atoms with Gasteiger partial charge in [-0.1, -0.05) is 6.92 Å². The van der Waals surface area contributed by atoms with Gasteiger partial charge in [-0.3, -0.25) is 4.90 Å². The highest BCUT2D eigenvalue weighted by molar-refractivity contribution is 5.74. The number of carbonyl (C=O) groups excluding carboxylic acids is 2. The molecule has 2 aliphatic rings. The van der Waals surface area contributed by atoms with Crippen LogP contribution in [0.15, 0.2) is 0 Å². The molecule has 0 aromatic heterocycles. The maximum atomic E-state index is 12.4. The Morgan fingerprint density at radius 2 is 1.95 bits per heavy atom. The molecule has 0 aliphatic carbocycles. The summed E-state index contributed by atoms with van der Waals surface area (Å²) >= 11 is 0. The summed E-state index contributed by atoms with van der Waals surface area (Å²) in [6.07, 6.45) is 2.01. The maximum absolute atomic E-state index is 12.4. The first-order chi connectivity index (χ1) is 9.80. The van der Waals surface area contributed by atoms with Crippen LogP contribution in [0.3, 0.4) is 0 Å². The van der Waals surface area contributed by atoms with Crippen molar-refractivity contribution in [2.24, 2.45) is 0 Å². The van der Waals surface area contributed by atoms with E-state index in [9.17, 15) is 9.59 Å². The van der Waals surface area contributed by atoms with Crippen LogP contribution in [0.2, 0.25) is 0 Å². The maximum Gasteiger partial charge on any atom is 0.411 e. The molecular weight excluding hydrogens is 274 g/mol. The lowest BCUT2D eigenvalue weighted by atomic mass is 9.89. The van der Waals surface area contributed by atoms with Crippen molar-refractivity contribution >= 4 is 12.4 Å². The van der Waals surface area contributed by atoms with Gasteiger partial charge >= 0.3 is 6.09 Å². The fraction of sp³-hybridized carbons (Fsp3) is 0.867. The van der Waals surface area contributed by atoms with Crippen LogP contribution in [0.5, 0.6) is 0 Å². The molecule has 2 fully saturated rings. The van der Waals surface area contributed by atoms with Crippen molar-refractivity contribution in [1.29, 1.82) is 0 Å². The van der Waals surface area contributed by atoms with Gasteiger partial charge in [-0.25, -0.2) is 4.79 Å². The van der Waals surface area contributed by atoms with E-state index in [2.05, 4.69) is 0 Å². The van der Waals surface area contributed by atoms with E-state index >= 15 is 0 Å². The van der Waals surface area contributed by atoms with Gasteiger partial charge in [-0.15, -0.1) is 0 Å². The van der Waals surface area contributed by atoms with Crippen molar-refractivity contribution in [3.05, 3.63) is 0 Å². The summed E-state index contributed by atoms with van der Waals surface area (Å²) in [6, 6.07) is -0.696. The minimum absolute atomic E-state index is 0.123. The van der Waals surface area contributed by atoms with Gasteiger partial charge < -0.3 is 19.0 Å². The lowest BCUT2D eigenvalue weighted by Gasteiger charge is -2.46. The Morgan fingerprint density at radius 1 is 1.33 bits per heavy atom. The van der Waals surface area contributed by atoms with Crippen LogP contribution >= 0.6 is 0 Å². The minimum Gasteiger partial charge on any atom is -0.444 e. The number of likely N-dealkylation sites (tertiary alicyclic amines) is 1. The molecule has 2 saturated heterocycles. The summed E-state index contributed by atoms with van der Waals surface area (Å²) < 4.78 is 16.9. The number of carbonyl (C=O) groups is 2. The molecule has 6 heteroatoms. The van der Waals surface area contributed by atoms with Gasteiger partial charge in [-0.2, -0.15) is 0 Å². The third kappa shape index (κ3) is 3.55. The second-order valence-corrected chi connectivity index (χ2v) is 6.67. The minimum atomic E-state index is -0.717. The highest BCUT2D eigenvalue weighted by Gasteiger charge is 2.50. The monoisotopic (exact) mass is 299 g/mol. The van der Waals surface area contributed by atoms with Gasteiger partial charge in [0.2, 0.25) is 0 Å². The van der Waals surface area contributed by atoms with E-state index in [1.165, 1.54) is 0 Å². The molecule has 6 nitrogen and oxygen atoms in total. The molecule has 21 heavy (non-hydrogen) atoms. The molecular formula is C15H25NO5. The first-order valence-electron chi connectivity index (χ1n) is 7.55. The first-order valence-corrected chi connectivity index (χ1v) is 7.55. The number of rotatable bonds is 2. The van der Waals surface area contributed by atoms with Crippen LogP contribution in [-0.2, 0) is 19.0 Å². The molecule has 0 N–H and O–H groups in total. The van der Waals surface area contributed by atoms with Crippen LogP contribution in [0.1, 0.15) is 47.0 Å². The molecule has 0 bridgehead atoms. The summed E-state index contributed by atoms with van der Waals surface area (Å²) in [5.74, 6) is -0.717. The summed E-state index contributed by atoms with van der Waals surface area (Å²) in [6.45, 7) is 8.50. The average Bonchev–Trinajstić information content (AvgIpc) is 2.83. The first kappa shape index (κ1) is 16.2. The number of piperidine rings is 1. The molecule has 1 spiro atoms. The number of hydrogen-bond acceptors (Lipinski definition) is 5. The van der Waals surface area contributed by atoms with E-state index in [0.717, 1.165) is 12.7 Å². The van der Waals surface area contributed by atoms with Crippen LogP contribution in [0.4, 0.5) is 4.79 Å². The topological polar surface area (TPSA) is 65.1 Å². The van der Waals surface area contributed by atoms with Gasteiger partial charge in [0.25, 0.3) is 0 Å². The van der Waals surface area contributed by atoms with E-state index in [-0.39, 0.29) is 6.04 Å². The van der Waals surface area contributed by atoms with Crippen molar-refractivity contribution in [3.63, 3.8) is 0 Å². The van der Waals surface area contributed by atoms with Crippen molar-refractivity contribution in [2.75, 3.05) is 13.2 Å². The fourth-order valence-corrected chi connectivity index (χ4v) is 3.01. The highest BCUT2D eigenvalue weighted by atomic mass is 16.7. The molecule has 1 amide bonds. The standard InChI is InChI=1S/C15H25NO5/c1-5-11-8-15(19-6-7-20-15)9-12(10-17)16(11)13(18)21-14(2,3)4/h10-12H,5-9H2,1-4H3/t11?,12-/m1/s1. The second kappa shape index (κ2) is 5.93. The van der Waals surface area contributed by atoms with Crippen molar-refractivity contribution < 1.29 is 23.8 Å². The largest absolute Gasteiger partial charge is 0.444 e. The zero-order valence-electron chi connectivity index (χ0n) is 13.3. The Bertz CT molecular complexity index is 397. The average molecular weight is 299 g/mol. The quantitative estimate of drug-likeness (QED) is 0.731. The third-order valence-electron chi connectivity index (χ3n) is 3.86. The van der Waals surface area contributed by atoms with Crippen LogP contribution < -0.4 is 0 Å². The summed E-state index contributed by atoms with van der Waals surface area (Å²) in [4.78, 5) is 25.5. The Balaban J connectivity index is 2.19. The lowest BCUT2D eigenvalue weighted by Crippen LogP contribution is -2.59. The predicted octanol–water partition coefficient (Wildman–Crippen LogP) is 2.11. The van der Waals surface area contributed by atoms with E-state index in [1.54, 1.807) is 4.90 Å². The van der Waals surface area contributed by atoms with Crippen molar-refractivity contribution in [3.8, 4) is 0 Å². The Labute approximate surface area is 125 Å². The smallest absolute Gasteiger partial charge is 0.411 e. The SMILES string of the molecule is CCC1CC2(C[C@H](C=O)N1C(=O)OC(C)(C)C)OCCO2. The van der Waals surface area contributed by atoms with E-state index in [4.69, 9.17) is 14.2 Å². The van der Waals surface area contributed by atoms with Gasteiger partial charge in [-0.05, 0) is 27.2 Å². The predicted molar refractivity (Wildman–Crippen MR) is 75.9 cm³/mol. The number of ether oxygens (including phenoxy) is 3. The summed E-state index contributed by atoms with van der Waals surface area (Å²) in [5, 5.41) is 0. The van der Waals surface area contributed by atoms with Crippen molar-refractivity contribution in [2.45, 2.75) is 70.4 Å². The van der Waals surface area contributed by atoms with Gasteiger partial charge in [0.15, 0.2) is 5.79 Å². The second-order valence-electron chi connectivity index (χ2n) is 6.67. The van der Waals surface area contributed by atoms with Gasteiger partial charge in [0.05, 0.1) is 19.3 Å². The molecule has 0 aromatic carbocycles.